The minimum Gasteiger partial charge on any atom is -0.309 e. The molecule has 0 aromatic heterocycles. The van der Waals surface area contributed by atoms with Gasteiger partial charge in [-0.05, 0) is 40.8 Å². The number of carbonyl (C=O) groups is 1. The fourth-order valence-corrected chi connectivity index (χ4v) is 1.78. The fraction of sp³-hybridized carbons (Fsp3) is 0.111. The van der Waals surface area contributed by atoms with E-state index in [1.807, 2.05) is 22.6 Å². The Morgan fingerprint density at radius 1 is 1.62 bits per heavy atom. The number of amides is 1. The van der Waals surface area contributed by atoms with Crippen LogP contribution in [0.5, 0.6) is 0 Å². The van der Waals surface area contributed by atoms with E-state index in [1.54, 1.807) is 18.2 Å². The van der Waals surface area contributed by atoms with Gasteiger partial charge in [0.2, 0.25) is 5.91 Å². The van der Waals surface area contributed by atoms with Crippen molar-refractivity contribution in [2.75, 3.05) is 4.72 Å². The van der Waals surface area contributed by atoms with E-state index in [0.717, 1.165) is 15.7 Å². The first-order chi connectivity index (χ1) is 7.63. The van der Waals surface area contributed by atoms with Crippen LogP contribution in [0.3, 0.4) is 0 Å². The van der Waals surface area contributed by atoms with Crippen molar-refractivity contribution in [1.82, 2.24) is 4.72 Å². The predicted molar refractivity (Wildman–Crippen MR) is 68.7 cm³/mol. The Morgan fingerprint density at radius 2 is 2.38 bits per heavy atom. The second-order valence-electron chi connectivity index (χ2n) is 2.69. The van der Waals surface area contributed by atoms with Gasteiger partial charge < -0.3 is 4.72 Å². The molecule has 0 saturated carbocycles. The van der Waals surface area contributed by atoms with Crippen LogP contribution in [0.2, 0.25) is 0 Å². The third kappa shape index (κ3) is 4.24. The van der Waals surface area contributed by atoms with E-state index in [1.165, 1.54) is 6.07 Å². The lowest BCUT2D eigenvalue weighted by atomic mass is 10.3. The van der Waals surface area contributed by atoms with E-state index in [-0.39, 0.29) is 12.1 Å². The molecule has 1 aromatic rings. The molecule has 0 saturated heterocycles. The lowest BCUT2D eigenvalue weighted by Crippen LogP contribution is -2.16. The van der Waals surface area contributed by atoms with Crippen LogP contribution in [-0.2, 0) is 4.79 Å². The maximum atomic E-state index is 13.3. The van der Waals surface area contributed by atoms with Gasteiger partial charge in [-0.3, -0.25) is 9.52 Å². The summed E-state index contributed by atoms with van der Waals surface area (Å²) in [6.07, 6.45) is -0.218. The summed E-state index contributed by atoms with van der Waals surface area (Å²) in [5, 5.41) is 8.23. The standard InChI is InChI=1S/C9H7FIN3OS/c10-7-5-6(11)1-2-8(7)13-16-14-9(15)3-4-12/h1-2,5,13H,3H2,(H,14,15). The van der Waals surface area contributed by atoms with Crippen molar-refractivity contribution in [1.29, 1.82) is 5.26 Å². The summed E-state index contributed by atoms with van der Waals surface area (Å²) < 4.78 is 19.0. The van der Waals surface area contributed by atoms with Gasteiger partial charge in [-0.2, -0.15) is 5.26 Å². The van der Waals surface area contributed by atoms with Gasteiger partial charge in [0.15, 0.2) is 0 Å². The molecule has 1 rings (SSSR count). The van der Waals surface area contributed by atoms with Gasteiger partial charge in [-0.25, -0.2) is 4.39 Å². The molecule has 0 aliphatic heterocycles. The normalized spacial score (nSPS) is 9.31. The smallest absolute Gasteiger partial charge is 0.245 e. The Labute approximate surface area is 110 Å². The minimum atomic E-state index is -0.425. The van der Waals surface area contributed by atoms with Gasteiger partial charge in [0.05, 0.1) is 23.9 Å². The molecular weight excluding hydrogens is 344 g/mol. The first kappa shape index (κ1) is 13.1. The maximum absolute atomic E-state index is 13.3. The second kappa shape index (κ2) is 6.55. The van der Waals surface area contributed by atoms with E-state index in [0.29, 0.717) is 0 Å². The van der Waals surface area contributed by atoms with Crippen molar-refractivity contribution in [3.63, 3.8) is 0 Å². The van der Waals surface area contributed by atoms with Crippen LogP contribution in [0.15, 0.2) is 18.2 Å². The first-order valence-electron chi connectivity index (χ1n) is 4.16. The number of nitriles is 1. The van der Waals surface area contributed by atoms with E-state index >= 15 is 0 Å². The van der Waals surface area contributed by atoms with E-state index in [2.05, 4.69) is 9.44 Å². The van der Waals surface area contributed by atoms with Gasteiger partial charge in [-0.15, -0.1) is 0 Å². The Bertz CT molecular complexity index is 435. The molecule has 2 N–H and O–H groups in total. The molecule has 0 aliphatic carbocycles. The summed E-state index contributed by atoms with van der Waals surface area (Å²) in [4.78, 5) is 10.9. The highest BCUT2D eigenvalue weighted by molar-refractivity contribution is 14.1. The van der Waals surface area contributed by atoms with Crippen LogP contribution in [0.1, 0.15) is 6.42 Å². The minimum absolute atomic E-state index is 0.218. The van der Waals surface area contributed by atoms with Gasteiger partial charge in [-0.1, -0.05) is 0 Å². The zero-order valence-corrected chi connectivity index (χ0v) is 10.9. The van der Waals surface area contributed by atoms with E-state index in [4.69, 9.17) is 5.26 Å². The molecule has 0 radical (unpaired) electrons. The maximum Gasteiger partial charge on any atom is 0.245 e. The summed E-state index contributed by atoms with van der Waals surface area (Å²) in [6, 6.07) is 6.39. The number of nitrogens with zero attached hydrogens (tertiary/aromatic N) is 1. The SMILES string of the molecule is N#CCC(=O)NSNc1ccc(I)cc1F. The number of anilines is 1. The number of carbonyl (C=O) groups excluding carboxylic acids is 1. The molecule has 0 heterocycles. The molecule has 0 atom stereocenters. The molecule has 16 heavy (non-hydrogen) atoms. The molecule has 4 nitrogen and oxygen atoms in total. The van der Waals surface area contributed by atoms with Crippen LogP contribution in [0.25, 0.3) is 0 Å². The average Bonchev–Trinajstić information content (AvgIpc) is 2.22. The third-order valence-corrected chi connectivity index (χ3v) is 2.82. The Balaban J connectivity index is 2.44. The summed E-state index contributed by atoms with van der Waals surface area (Å²) in [5.41, 5.74) is 0.280. The first-order valence-corrected chi connectivity index (χ1v) is 6.05. The predicted octanol–water partition coefficient (Wildman–Crippen LogP) is 2.44. The highest BCUT2D eigenvalue weighted by atomic mass is 127. The lowest BCUT2D eigenvalue weighted by Gasteiger charge is -2.06. The van der Waals surface area contributed by atoms with Crippen LogP contribution >= 0.6 is 34.7 Å². The Kier molecular flexibility index (Phi) is 5.34. The van der Waals surface area contributed by atoms with Gasteiger partial charge in [0.1, 0.15) is 12.2 Å². The number of benzene rings is 1. The number of hydrogen-bond donors (Lipinski definition) is 2. The molecule has 1 amide bonds. The molecule has 0 bridgehead atoms. The molecule has 0 aliphatic rings. The summed E-state index contributed by atoms with van der Waals surface area (Å²) in [7, 11) is 0. The molecular formula is C9H7FIN3OS. The number of hydrogen-bond acceptors (Lipinski definition) is 4. The number of halogens is 2. The van der Waals surface area contributed by atoms with E-state index in [9.17, 15) is 9.18 Å². The summed E-state index contributed by atoms with van der Waals surface area (Å²) in [5.74, 6) is -0.820. The van der Waals surface area contributed by atoms with Crippen molar-refractivity contribution >= 4 is 46.3 Å². The van der Waals surface area contributed by atoms with Crippen molar-refractivity contribution in [2.24, 2.45) is 0 Å². The average molecular weight is 351 g/mol. The molecule has 0 fully saturated rings. The highest BCUT2D eigenvalue weighted by Gasteiger charge is 2.03. The van der Waals surface area contributed by atoms with Crippen molar-refractivity contribution in [2.45, 2.75) is 6.42 Å². The van der Waals surface area contributed by atoms with Crippen LogP contribution in [-0.4, -0.2) is 5.91 Å². The molecule has 0 spiro atoms. The molecule has 84 valence electrons. The topological polar surface area (TPSA) is 64.9 Å². The van der Waals surface area contributed by atoms with Crippen molar-refractivity contribution in [3.05, 3.63) is 27.6 Å². The second-order valence-corrected chi connectivity index (χ2v) is 4.55. The van der Waals surface area contributed by atoms with Crippen LogP contribution in [0, 0.1) is 20.7 Å². The summed E-state index contributed by atoms with van der Waals surface area (Å²) >= 11 is 2.83. The van der Waals surface area contributed by atoms with Crippen LogP contribution < -0.4 is 9.44 Å². The summed E-state index contributed by atoms with van der Waals surface area (Å²) in [6.45, 7) is 0. The molecule has 1 aromatic carbocycles. The van der Waals surface area contributed by atoms with Crippen molar-refractivity contribution < 1.29 is 9.18 Å². The largest absolute Gasteiger partial charge is 0.309 e. The van der Waals surface area contributed by atoms with Crippen molar-refractivity contribution in [3.8, 4) is 6.07 Å². The highest BCUT2D eigenvalue weighted by Crippen LogP contribution is 2.18. The van der Waals surface area contributed by atoms with Gasteiger partial charge in [0.25, 0.3) is 0 Å². The quantitative estimate of drug-likeness (QED) is 0.646. The zero-order chi connectivity index (χ0) is 12.0. The monoisotopic (exact) mass is 351 g/mol. The zero-order valence-electron chi connectivity index (χ0n) is 7.96. The number of rotatable bonds is 4. The third-order valence-electron chi connectivity index (χ3n) is 1.50. The fourth-order valence-electron chi connectivity index (χ4n) is 0.818. The molecule has 0 unspecified atom stereocenters. The van der Waals surface area contributed by atoms with Gasteiger partial charge in [0, 0.05) is 3.57 Å². The Morgan fingerprint density at radius 3 is 3.00 bits per heavy atom. The van der Waals surface area contributed by atoms with Gasteiger partial charge >= 0.3 is 0 Å². The van der Waals surface area contributed by atoms with E-state index < -0.39 is 11.7 Å². The Hall–Kier alpha value is -1.01. The lowest BCUT2D eigenvalue weighted by molar-refractivity contribution is -0.118. The van der Waals surface area contributed by atoms with Crippen LogP contribution in [0.4, 0.5) is 10.1 Å². The number of nitrogens with one attached hydrogen (secondary N) is 2. The molecule has 7 heteroatoms.